The molecule has 1 aromatic carbocycles. The van der Waals surface area contributed by atoms with Gasteiger partial charge in [0.2, 0.25) is 5.91 Å². The van der Waals surface area contributed by atoms with Crippen molar-refractivity contribution in [3.63, 3.8) is 0 Å². The lowest BCUT2D eigenvalue weighted by Gasteiger charge is -2.25. The summed E-state index contributed by atoms with van der Waals surface area (Å²) in [7, 11) is 1.95. The molecule has 3 heteroatoms. The third kappa shape index (κ3) is 2.72. The molecule has 0 bridgehead atoms. The maximum atomic E-state index is 12.2. The predicted octanol–water partition coefficient (Wildman–Crippen LogP) is 3.36. The van der Waals surface area contributed by atoms with Gasteiger partial charge in [-0.05, 0) is 61.3 Å². The van der Waals surface area contributed by atoms with Crippen molar-refractivity contribution in [3.8, 4) is 0 Å². The highest BCUT2D eigenvalue weighted by Crippen LogP contribution is 2.34. The van der Waals surface area contributed by atoms with Gasteiger partial charge in [-0.25, -0.2) is 0 Å². The topological polar surface area (TPSA) is 36.1 Å². The molecule has 2 aromatic rings. The van der Waals surface area contributed by atoms with Crippen molar-refractivity contribution in [1.29, 1.82) is 0 Å². The van der Waals surface area contributed by atoms with Gasteiger partial charge in [0, 0.05) is 31.2 Å². The molecule has 1 fully saturated rings. The number of rotatable bonds is 5. The minimum atomic E-state index is 0.263. The fourth-order valence-corrected chi connectivity index (χ4v) is 2.81. The van der Waals surface area contributed by atoms with Gasteiger partial charge >= 0.3 is 0 Å². The van der Waals surface area contributed by atoms with Crippen LogP contribution < -0.4 is 0 Å². The molecule has 1 unspecified atom stereocenters. The van der Waals surface area contributed by atoms with Gasteiger partial charge in [-0.3, -0.25) is 4.79 Å². The molecule has 20 heavy (non-hydrogen) atoms. The maximum Gasteiger partial charge on any atom is 0.222 e. The number of aryl methyl sites for hydroxylation is 1. The van der Waals surface area contributed by atoms with E-state index in [2.05, 4.69) is 36.2 Å². The Balaban J connectivity index is 1.58. The molecule has 1 N–H and O–H groups in total. The van der Waals surface area contributed by atoms with Crippen LogP contribution in [0.25, 0.3) is 10.9 Å². The molecule has 0 aliphatic heterocycles. The number of fused-ring (bicyclic) bond motifs is 1. The van der Waals surface area contributed by atoms with Gasteiger partial charge < -0.3 is 9.88 Å². The molecule has 0 radical (unpaired) electrons. The zero-order valence-electron chi connectivity index (χ0n) is 12.2. The molecule has 0 saturated heterocycles. The molecular formula is C17H22N2O. The molecule has 1 atom stereocenters. The van der Waals surface area contributed by atoms with Crippen LogP contribution in [0, 0.1) is 5.92 Å². The first-order chi connectivity index (χ1) is 9.65. The minimum Gasteiger partial charge on any atom is -0.361 e. The van der Waals surface area contributed by atoms with E-state index in [0.29, 0.717) is 12.5 Å². The van der Waals surface area contributed by atoms with Crippen LogP contribution in [0.2, 0.25) is 0 Å². The molecular weight excluding hydrogens is 248 g/mol. The summed E-state index contributed by atoms with van der Waals surface area (Å²) < 4.78 is 0. The van der Waals surface area contributed by atoms with E-state index in [0.717, 1.165) is 17.9 Å². The second kappa shape index (κ2) is 5.31. The number of aromatic nitrogens is 1. The lowest BCUT2D eigenvalue weighted by molar-refractivity contribution is -0.132. The van der Waals surface area contributed by atoms with Crippen LogP contribution in [-0.4, -0.2) is 28.9 Å². The quantitative estimate of drug-likeness (QED) is 0.888. The summed E-state index contributed by atoms with van der Waals surface area (Å²) in [6.45, 7) is 2.17. The zero-order valence-corrected chi connectivity index (χ0v) is 12.2. The highest BCUT2D eigenvalue weighted by molar-refractivity contribution is 5.80. The van der Waals surface area contributed by atoms with Gasteiger partial charge in [0.15, 0.2) is 0 Å². The number of hydrogen-bond acceptors (Lipinski definition) is 1. The van der Waals surface area contributed by atoms with Gasteiger partial charge in [0.1, 0.15) is 0 Å². The van der Waals surface area contributed by atoms with Crippen molar-refractivity contribution in [1.82, 2.24) is 9.88 Å². The number of aromatic amines is 1. The Kier molecular flexibility index (Phi) is 3.51. The van der Waals surface area contributed by atoms with Gasteiger partial charge in [0.25, 0.3) is 0 Å². The van der Waals surface area contributed by atoms with Crippen LogP contribution in [0.3, 0.4) is 0 Å². The number of hydrogen-bond donors (Lipinski definition) is 1. The molecule has 1 aromatic heterocycles. The van der Waals surface area contributed by atoms with Crippen molar-refractivity contribution < 1.29 is 4.79 Å². The second-order valence-electron chi connectivity index (χ2n) is 5.98. The average Bonchev–Trinajstić information content (AvgIpc) is 3.21. The highest BCUT2D eigenvalue weighted by atomic mass is 16.2. The average molecular weight is 270 g/mol. The van der Waals surface area contributed by atoms with Crippen molar-refractivity contribution in [2.45, 2.75) is 38.6 Å². The van der Waals surface area contributed by atoms with Gasteiger partial charge in [0.05, 0.1) is 0 Å². The Morgan fingerprint density at radius 1 is 1.40 bits per heavy atom. The summed E-state index contributed by atoms with van der Waals surface area (Å²) in [5.74, 6) is 0.999. The number of nitrogens with one attached hydrogen (secondary N) is 1. The standard InChI is InChI=1S/C17H22N2O/c1-12(14-5-6-14)19(2)17(20)8-4-13-3-7-16-15(11-13)9-10-18-16/h3,7,9-12,14,18H,4-6,8H2,1-2H3. The van der Waals surface area contributed by atoms with E-state index in [9.17, 15) is 4.79 Å². The fourth-order valence-electron chi connectivity index (χ4n) is 2.81. The van der Waals surface area contributed by atoms with Crippen LogP contribution in [0.4, 0.5) is 0 Å². The molecule has 3 rings (SSSR count). The molecule has 106 valence electrons. The molecule has 1 heterocycles. The predicted molar refractivity (Wildman–Crippen MR) is 81.6 cm³/mol. The first kappa shape index (κ1) is 13.2. The van der Waals surface area contributed by atoms with Gasteiger partial charge in [-0.2, -0.15) is 0 Å². The Morgan fingerprint density at radius 3 is 2.95 bits per heavy atom. The number of H-pyrrole nitrogens is 1. The van der Waals surface area contributed by atoms with Crippen molar-refractivity contribution in [3.05, 3.63) is 36.0 Å². The molecule has 1 aliphatic carbocycles. The Labute approximate surface area is 120 Å². The number of amides is 1. The summed E-state index contributed by atoms with van der Waals surface area (Å²) in [6, 6.07) is 8.84. The van der Waals surface area contributed by atoms with Crippen LogP contribution in [0.5, 0.6) is 0 Å². The maximum absolute atomic E-state index is 12.2. The summed E-state index contributed by atoms with van der Waals surface area (Å²) >= 11 is 0. The molecule has 1 amide bonds. The Bertz CT molecular complexity index is 612. The van der Waals surface area contributed by atoms with Gasteiger partial charge in [-0.1, -0.05) is 6.07 Å². The number of benzene rings is 1. The van der Waals surface area contributed by atoms with E-state index in [4.69, 9.17) is 0 Å². The molecule has 1 saturated carbocycles. The van der Waals surface area contributed by atoms with Crippen LogP contribution in [0.15, 0.2) is 30.5 Å². The van der Waals surface area contributed by atoms with Gasteiger partial charge in [-0.15, -0.1) is 0 Å². The Morgan fingerprint density at radius 2 is 2.20 bits per heavy atom. The summed E-state index contributed by atoms with van der Waals surface area (Å²) in [5.41, 5.74) is 2.39. The number of carbonyl (C=O) groups excluding carboxylic acids is 1. The largest absolute Gasteiger partial charge is 0.361 e. The fraction of sp³-hybridized carbons (Fsp3) is 0.471. The lowest BCUT2D eigenvalue weighted by atomic mass is 10.1. The first-order valence-electron chi connectivity index (χ1n) is 7.47. The minimum absolute atomic E-state index is 0.263. The van der Waals surface area contributed by atoms with E-state index in [1.165, 1.54) is 23.8 Å². The van der Waals surface area contributed by atoms with Crippen LogP contribution >= 0.6 is 0 Å². The number of carbonyl (C=O) groups is 1. The van der Waals surface area contributed by atoms with Crippen LogP contribution in [0.1, 0.15) is 31.7 Å². The van der Waals surface area contributed by atoms with Crippen LogP contribution in [-0.2, 0) is 11.2 Å². The monoisotopic (exact) mass is 270 g/mol. The first-order valence-corrected chi connectivity index (χ1v) is 7.47. The van der Waals surface area contributed by atoms with E-state index in [1.54, 1.807) is 0 Å². The van der Waals surface area contributed by atoms with E-state index >= 15 is 0 Å². The highest BCUT2D eigenvalue weighted by Gasteiger charge is 2.32. The number of nitrogens with zero attached hydrogens (tertiary/aromatic N) is 1. The third-order valence-electron chi connectivity index (χ3n) is 4.55. The SMILES string of the molecule is CC(C1CC1)N(C)C(=O)CCc1ccc2[nH]ccc2c1. The summed E-state index contributed by atoms with van der Waals surface area (Å²) in [6.07, 6.45) is 5.93. The normalized spacial score (nSPS) is 16.3. The van der Waals surface area contributed by atoms with E-state index in [-0.39, 0.29) is 5.91 Å². The smallest absolute Gasteiger partial charge is 0.222 e. The summed E-state index contributed by atoms with van der Waals surface area (Å²) in [4.78, 5) is 17.3. The van der Waals surface area contributed by atoms with Crippen molar-refractivity contribution in [2.24, 2.45) is 5.92 Å². The molecule has 1 aliphatic rings. The molecule has 3 nitrogen and oxygen atoms in total. The van der Waals surface area contributed by atoms with Crippen molar-refractivity contribution >= 4 is 16.8 Å². The van der Waals surface area contributed by atoms with E-state index < -0.39 is 0 Å². The van der Waals surface area contributed by atoms with E-state index in [1.807, 2.05) is 18.1 Å². The third-order valence-corrected chi connectivity index (χ3v) is 4.55. The summed E-state index contributed by atoms with van der Waals surface area (Å²) in [5, 5.41) is 1.22. The Hall–Kier alpha value is -1.77. The lowest BCUT2D eigenvalue weighted by Crippen LogP contribution is -2.36. The second-order valence-corrected chi connectivity index (χ2v) is 5.98. The zero-order chi connectivity index (χ0) is 14.1. The molecule has 0 spiro atoms. The van der Waals surface area contributed by atoms with Crippen molar-refractivity contribution in [2.75, 3.05) is 7.05 Å².